The molecule has 120 valence electrons. The molecule has 0 aliphatic heterocycles. The van der Waals surface area contributed by atoms with Gasteiger partial charge in [-0.15, -0.1) is 10.2 Å². The molecule has 3 aromatic heterocycles. The van der Waals surface area contributed by atoms with Crippen molar-refractivity contribution in [3.8, 4) is 0 Å². The van der Waals surface area contributed by atoms with E-state index in [0.717, 1.165) is 0 Å². The summed E-state index contributed by atoms with van der Waals surface area (Å²) in [5, 5.41) is 12.3. The van der Waals surface area contributed by atoms with Crippen LogP contribution in [0.4, 0.5) is 0 Å². The number of aromatic nitrogens is 3. The van der Waals surface area contributed by atoms with Crippen LogP contribution in [-0.4, -0.2) is 26.3 Å². The number of hydrogen-bond donors (Lipinski definition) is 1. The number of pyridine rings is 1. The van der Waals surface area contributed by atoms with Gasteiger partial charge in [-0.25, -0.2) is 0 Å². The van der Waals surface area contributed by atoms with E-state index in [9.17, 15) is 4.79 Å². The second-order valence-electron chi connectivity index (χ2n) is 4.78. The van der Waals surface area contributed by atoms with Gasteiger partial charge in [0.2, 0.25) is 5.91 Å². The smallest absolute Gasteiger partial charge is 0.231 e. The Morgan fingerprint density at radius 2 is 2.30 bits per heavy atom. The Bertz CT molecular complexity index is 835. The van der Waals surface area contributed by atoms with Crippen LogP contribution in [0.2, 0.25) is 10.0 Å². The molecule has 0 unspecified atom stereocenters. The lowest BCUT2D eigenvalue weighted by Crippen LogP contribution is -2.28. The molecular formula is C14H12Cl2N4O2S. The molecule has 0 spiro atoms. The summed E-state index contributed by atoms with van der Waals surface area (Å²) in [6, 6.07) is 4.99. The molecular weight excluding hydrogens is 359 g/mol. The van der Waals surface area contributed by atoms with Gasteiger partial charge in [0.05, 0.1) is 28.1 Å². The van der Waals surface area contributed by atoms with Gasteiger partial charge in [0, 0.05) is 6.20 Å². The third-order valence-corrected chi connectivity index (χ3v) is 4.50. The van der Waals surface area contributed by atoms with Gasteiger partial charge in [-0.05, 0) is 25.1 Å². The van der Waals surface area contributed by atoms with E-state index >= 15 is 0 Å². The predicted octanol–water partition coefficient (Wildman–Crippen LogP) is 3.60. The average molecular weight is 371 g/mol. The Hall–Kier alpha value is -1.70. The fraction of sp³-hybridized carbons (Fsp3) is 0.214. The highest BCUT2D eigenvalue weighted by Gasteiger charge is 2.15. The number of carbonyl (C=O) groups is 1. The fourth-order valence-corrected chi connectivity index (χ4v) is 3.25. The molecule has 1 amide bonds. The maximum Gasteiger partial charge on any atom is 0.231 e. The molecule has 23 heavy (non-hydrogen) atoms. The summed E-state index contributed by atoms with van der Waals surface area (Å²) in [5.74, 6) is 0.759. The first-order valence-corrected chi connectivity index (χ1v) is 8.44. The Morgan fingerprint density at radius 1 is 1.48 bits per heavy atom. The first-order chi connectivity index (χ1) is 11.0. The molecule has 6 nitrogen and oxygen atoms in total. The van der Waals surface area contributed by atoms with Crippen LogP contribution in [0, 0.1) is 0 Å². The zero-order valence-electron chi connectivity index (χ0n) is 12.0. The summed E-state index contributed by atoms with van der Waals surface area (Å²) in [7, 11) is 0. The molecule has 0 aromatic carbocycles. The lowest BCUT2D eigenvalue weighted by Gasteiger charge is -2.10. The average Bonchev–Trinajstić information content (AvgIpc) is 3.14. The van der Waals surface area contributed by atoms with Gasteiger partial charge < -0.3 is 9.73 Å². The van der Waals surface area contributed by atoms with Crippen LogP contribution in [0.5, 0.6) is 0 Å². The standard InChI is InChI=1S/C14H12Cl2N4O2S/c1-8(11-3-2-4-22-11)17-12(21)7-23-14-19-18-13-10(16)5-9(15)6-20(13)14/h2-6,8H,7H2,1H3,(H,17,21)/t8-/m0/s1. The van der Waals surface area contributed by atoms with E-state index in [1.54, 1.807) is 29.0 Å². The first kappa shape index (κ1) is 16.2. The second-order valence-corrected chi connectivity index (χ2v) is 6.56. The highest BCUT2D eigenvalue weighted by Crippen LogP contribution is 2.25. The quantitative estimate of drug-likeness (QED) is 0.694. The minimum atomic E-state index is -0.197. The molecule has 0 aliphatic carbocycles. The number of nitrogens with one attached hydrogen (secondary N) is 1. The van der Waals surface area contributed by atoms with Crippen LogP contribution < -0.4 is 5.32 Å². The second kappa shape index (κ2) is 6.82. The van der Waals surface area contributed by atoms with Crippen LogP contribution in [-0.2, 0) is 4.79 Å². The molecule has 0 radical (unpaired) electrons. The Labute approximate surface area is 146 Å². The molecule has 9 heteroatoms. The summed E-state index contributed by atoms with van der Waals surface area (Å²) in [5.41, 5.74) is 0.503. The van der Waals surface area contributed by atoms with Gasteiger partial charge in [-0.3, -0.25) is 9.20 Å². The van der Waals surface area contributed by atoms with E-state index < -0.39 is 0 Å². The van der Waals surface area contributed by atoms with Crippen molar-refractivity contribution in [1.82, 2.24) is 19.9 Å². The van der Waals surface area contributed by atoms with Crippen molar-refractivity contribution in [1.29, 1.82) is 0 Å². The van der Waals surface area contributed by atoms with Crippen LogP contribution in [0.15, 0.2) is 40.2 Å². The van der Waals surface area contributed by atoms with Gasteiger partial charge in [-0.2, -0.15) is 0 Å². The maximum absolute atomic E-state index is 12.0. The Kier molecular flexibility index (Phi) is 4.79. The molecule has 3 aromatic rings. The minimum Gasteiger partial charge on any atom is -0.467 e. The molecule has 0 saturated carbocycles. The number of nitrogens with zero attached hydrogens (tertiary/aromatic N) is 3. The van der Waals surface area contributed by atoms with Crippen LogP contribution >= 0.6 is 35.0 Å². The van der Waals surface area contributed by atoms with E-state index in [0.29, 0.717) is 26.6 Å². The monoisotopic (exact) mass is 370 g/mol. The van der Waals surface area contributed by atoms with Crippen molar-refractivity contribution in [3.63, 3.8) is 0 Å². The van der Waals surface area contributed by atoms with E-state index in [2.05, 4.69) is 15.5 Å². The van der Waals surface area contributed by atoms with E-state index in [4.69, 9.17) is 27.6 Å². The van der Waals surface area contributed by atoms with E-state index in [1.807, 2.05) is 13.0 Å². The highest BCUT2D eigenvalue weighted by molar-refractivity contribution is 7.99. The summed E-state index contributed by atoms with van der Waals surface area (Å²) < 4.78 is 6.92. The van der Waals surface area contributed by atoms with Crippen molar-refractivity contribution in [2.75, 3.05) is 5.75 Å². The number of amides is 1. The number of thioether (sulfide) groups is 1. The molecule has 0 bridgehead atoms. The van der Waals surface area contributed by atoms with E-state index in [1.165, 1.54) is 11.8 Å². The molecule has 0 aliphatic rings. The predicted molar refractivity (Wildman–Crippen MR) is 89.0 cm³/mol. The van der Waals surface area contributed by atoms with Crippen molar-refractivity contribution >= 4 is 46.5 Å². The Balaban J connectivity index is 1.65. The van der Waals surface area contributed by atoms with Crippen LogP contribution in [0.25, 0.3) is 5.65 Å². The number of halogens is 2. The first-order valence-electron chi connectivity index (χ1n) is 6.70. The fourth-order valence-electron chi connectivity index (χ4n) is 2.02. The van der Waals surface area contributed by atoms with Crippen molar-refractivity contribution in [2.24, 2.45) is 0 Å². The van der Waals surface area contributed by atoms with Crippen molar-refractivity contribution in [3.05, 3.63) is 46.5 Å². The molecule has 1 N–H and O–H groups in total. The lowest BCUT2D eigenvalue weighted by atomic mass is 10.2. The van der Waals surface area contributed by atoms with Gasteiger partial charge >= 0.3 is 0 Å². The van der Waals surface area contributed by atoms with Crippen LogP contribution in [0.1, 0.15) is 18.7 Å². The number of fused-ring (bicyclic) bond motifs is 1. The van der Waals surface area contributed by atoms with Gasteiger partial charge in [0.15, 0.2) is 10.8 Å². The third kappa shape index (κ3) is 3.63. The zero-order chi connectivity index (χ0) is 16.4. The summed E-state index contributed by atoms with van der Waals surface area (Å²) in [6.07, 6.45) is 3.23. The van der Waals surface area contributed by atoms with Gasteiger partial charge in [0.25, 0.3) is 0 Å². The molecule has 3 rings (SSSR count). The molecule has 0 fully saturated rings. The normalized spacial score (nSPS) is 12.5. The topological polar surface area (TPSA) is 72.4 Å². The van der Waals surface area contributed by atoms with Gasteiger partial charge in [0.1, 0.15) is 5.76 Å². The number of carbonyl (C=O) groups excluding carboxylic acids is 1. The SMILES string of the molecule is C[C@H](NC(=O)CSc1nnc2c(Cl)cc(Cl)cn12)c1ccco1. The van der Waals surface area contributed by atoms with Crippen LogP contribution in [0.3, 0.4) is 0 Å². The number of hydrogen-bond acceptors (Lipinski definition) is 5. The minimum absolute atomic E-state index is 0.135. The van der Waals surface area contributed by atoms with Crippen molar-refractivity contribution < 1.29 is 9.21 Å². The largest absolute Gasteiger partial charge is 0.467 e. The zero-order valence-corrected chi connectivity index (χ0v) is 14.3. The summed E-state index contributed by atoms with van der Waals surface area (Å²) in [6.45, 7) is 1.85. The van der Waals surface area contributed by atoms with Gasteiger partial charge in [-0.1, -0.05) is 35.0 Å². The van der Waals surface area contributed by atoms with Crippen molar-refractivity contribution in [2.45, 2.75) is 18.1 Å². The summed E-state index contributed by atoms with van der Waals surface area (Å²) in [4.78, 5) is 12.0. The maximum atomic E-state index is 12.0. The number of rotatable bonds is 5. The molecule has 3 heterocycles. The number of furan rings is 1. The molecule has 0 saturated heterocycles. The van der Waals surface area contributed by atoms with E-state index in [-0.39, 0.29) is 17.7 Å². The Morgan fingerprint density at radius 3 is 3.04 bits per heavy atom. The molecule has 1 atom stereocenters. The lowest BCUT2D eigenvalue weighted by molar-refractivity contribution is -0.119. The summed E-state index contributed by atoms with van der Waals surface area (Å²) >= 11 is 13.3. The third-order valence-electron chi connectivity index (χ3n) is 3.08. The highest BCUT2D eigenvalue weighted by atomic mass is 35.5.